The van der Waals surface area contributed by atoms with Crippen LogP contribution in [0, 0.1) is 41.7 Å². The summed E-state index contributed by atoms with van der Waals surface area (Å²) in [7, 11) is 0. The van der Waals surface area contributed by atoms with E-state index in [2.05, 4.69) is 25.9 Å². The Kier molecular flexibility index (Phi) is 6.13. The van der Waals surface area contributed by atoms with Crippen LogP contribution in [-0.4, -0.2) is 25.8 Å². The lowest BCUT2D eigenvalue weighted by molar-refractivity contribution is -0.386. The smallest absolute Gasteiger partial charge is 0.335 e. The van der Waals surface area contributed by atoms with Crippen LogP contribution in [-0.2, 0) is 5.41 Å². The molecule has 4 bridgehead atoms. The number of hydrogen-bond donors (Lipinski definition) is 2. The lowest BCUT2D eigenvalue weighted by Crippen LogP contribution is -2.48. The number of aromatic hydroxyl groups is 1. The molecule has 4 aliphatic rings. The molecule has 0 amide bonds. The van der Waals surface area contributed by atoms with E-state index in [1.807, 2.05) is 19.9 Å². The summed E-state index contributed by atoms with van der Waals surface area (Å²) < 4.78 is 1.87. The van der Waals surface area contributed by atoms with Crippen LogP contribution in [0.15, 0.2) is 49.4 Å². The molecule has 2 aromatic carbocycles. The molecule has 4 fully saturated rings. The molecule has 0 saturated heterocycles. The van der Waals surface area contributed by atoms with Gasteiger partial charge in [0, 0.05) is 27.7 Å². The summed E-state index contributed by atoms with van der Waals surface area (Å²) in [6.45, 7) is 3.68. The van der Waals surface area contributed by atoms with Gasteiger partial charge in [-0.2, -0.15) is 0 Å². The van der Waals surface area contributed by atoms with Crippen LogP contribution >= 0.6 is 15.9 Å². The van der Waals surface area contributed by atoms with E-state index < -0.39 is 17.1 Å². The molecule has 1 aromatic heterocycles. The van der Waals surface area contributed by atoms with Crippen molar-refractivity contribution in [2.24, 2.45) is 22.7 Å². The zero-order valence-electron chi connectivity index (χ0n) is 21.7. The highest BCUT2D eigenvalue weighted by Gasteiger charge is 2.53. The van der Waals surface area contributed by atoms with Crippen molar-refractivity contribution < 1.29 is 10.0 Å². The number of nitro benzene ring substituents is 1. The van der Waals surface area contributed by atoms with E-state index >= 15 is 0 Å². The van der Waals surface area contributed by atoms with Gasteiger partial charge in [0.25, 0.3) is 11.2 Å². The van der Waals surface area contributed by atoms with Crippen LogP contribution in [0.1, 0.15) is 60.8 Å². The fourth-order valence-corrected chi connectivity index (χ4v) is 8.10. The zero-order valence-corrected chi connectivity index (χ0v) is 23.3. The molecule has 2 N–H and O–H groups in total. The highest BCUT2D eigenvalue weighted by atomic mass is 79.9. The summed E-state index contributed by atoms with van der Waals surface area (Å²) in [5.74, 6) is 1.39. The van der Waals surface area contributed by atoms with E-state index in [9.17, 15) is 24.8 Å². The molecule has 0 radical (unpaired) electrons. The van der Waals surface area contributed by atoms with Crippen molar-refractivity contribution in [3.05, 3.63) is 88.0 Å². The fourth-order valence-electron chi connectivity index (χ4n) is 7.67. The van der Waals surface area contributed by atoms with E-state index in [0.717, 1.165) is 51.2 Å². The summed E-state index contributed by atoms with van der Waals surface area (Å²) in [6, 6.07) is 8.44. The summed E-state index contributed by atoms with van der Waals surface area (Å²) in [4.78, 5) is 43.7. The number of H-pyrrole nitrogens is 1. The third kappa shape index (κ3) is 4.25. The number of hydrogen-bond acceptors (Lipinski definition) is 6. The number of benzene rings is 2. The lowest BCUT2D eigenvalue weighted by atomic mass is 9.48. The molecule has 0 atom stereocenters. The lowest BCUT2D eigenvalue weighted by Gasteiger charge is -2.56. The van der Waals surface area contributed by atoms with Crippen LogP contribution in [0.3, 0.4) is 0 Å². The van der Waals surface area contributed by atoms with Gasteiger partial charge in [0.15, 0.2) is 0 Å². The van der Waals surface area contributed by atoms with Gasteiger partial charge in [-0.3, -0.25) is 24.9 Å². The summed E-state index contributed by atoms with van der Waals surface area (Å²) >= 11 is 3.46. The first-order valence-electron chi connectivity index (χ1n) is 13.2. The van der Waals surface area contributed by atoms with Gasteiger partial charge in [0.2, 0.25) is 5.88 Å². The number of aliphatic imine (C=N–C) groups is 1. The van der Waals surface area contributed by atoms with Gasteiger partial charge in [0.1, 0.15) is 5.56 Å². The van der Waals surface area contributed by atoms with E-state index in [-0.39, 0.29) is 21.6 Å². The SMILES string of the molecule is Cc1c(Br)ccc(-n2c(O)c(C=Nc3ccc(C45CC6CC(CC(C6)C4)C5)c([N+](=O)[O-])c3)c(=O)[nH]c2=O)c1C. The predicted octanol–water partition coefficient (Wildman–Crippen LogP) is 5.74. The van der Waals surface area contributed by atoms with Crippen molar-refractivity contribution in [1.29, 1.82) is 0 Å². The molecule has 0 unspecified atom stereocenters. The average Bonchev–Trinajstić information content (AvgIpc) is 2.87. The average molecular weight is 593 g/mol. The van der Waals surface area contributed by atoms with Gasteiger partial charge in [0.05, 0.1) is 16.3 Å². The third-order valence-corrected chi connectivity index (χ3v) is 10.0. The minimum atomic E-state index is -0.802. The van der Waals surface area contributed by atoms with Crippen molar-refractivity contribution in [3.63, 3.8) is 0 Å². The second kappa shape index (κ2) is 9.29. The minimum absolute atomic E-state index is 0.0515. The Morgan fingerprint density at radius 1 is 1.08 bits per heavy atom. The quantitative estimate of drug-likeness (QED) is 0.222. The Balaban J connectivity index is 1.39. The second-order valence-corrected chi connectivity index (χ2v) is 12.4. The number of nitrogens with one attached hydrogen (secondary N) is 1. The zero-order chi connectivity index (χ0) is 27.6. The van der Waals surface area contributed by atoms with E-state index in [4.69, 9.17) is 0 Å². The first-order valence-corrected chi connectivity index (χ1v) is 14.0. The summed E-state index contributed by atoms with van der Waals surface area (Å²) in [6.07, 6.45) is 7.89. The van der Waals surface area contributed by atoms with Crippen LogP contribution in [0.25, 0.3) is 5.69 Å². The molecule has 39 heavy (non-hydrogen) atoms. The molecule has 3 aromatic rings. The third-order valence-electron chi connectivity index (χ3n) is 9.18. The number of aromatic nitrogens is 2. The maximum Gasteiger partial charge on any atom is 0.335 e. The van der Waals surface area contributed by atoms with Crippen LogP contribution in [0.2, 0.25) is 0 Å². The number of nitro groups is 1. The second-order valence-electron chi connectivity index (χ2n) is 11.6. The summed E-state index contributed by atoms with van der Waals surface area (Å²) in [5, 5.41) is 23.2. The summed E-state index contributed by atoms with van der Waals surface area (Å²) in [5.41, 5.74) is 1.23. The number of nitrogens with zero attached hydrogens (tertiary/aromatic N) is 3. The largest absolute Gasteiger partial charge is 0.493 e. The predicted molar refractivity (Wildman–Crippen MR) is 152 cm³/mol. The topological polar surface area (TPSA) is 131 Å². The van der Waals surface area contributed by atoms with Gasteiger partial charge in [-0.05, 0) is 106 Å². The first-order chi connectivity index (χ1) is 18.6. The normalized spacial score (nSPS) is 25.5. The van der Waals surface area contributed by atoms with E-state index in [1.165, 1.54) is 25.3 Å². The van der Waals surface area contributed by atoms with Gasteiger partial charge < -0.3 is 5.11 Å². The molecule has 4 aliphatic carbocycles. The highest BCUT2D eigenvalue weighted by Crippen LogP contribution is 2.62. The van der Waals surface area contributed by atoms with Gasteiger partial charge >= 0.3 is 5.69 Å². The van der Waals surface area contributed by atoms with Crippen LogP contribution < -0.4 is 11.2 Å². The van der Waals surface area contributed by atoms with Crippen LogP contribution in [0.4, 0.5) is 11.4 Å². The molecular formula is C29H29BrN4O5. The maximum atomic E-state index is 12.7. The van der Waals surface area contributed by atoms with Crippen molar-refractivity contribution in [3.8, 4) is 11.6 Å². The van der Waals surface area contributed by atoms with Crippen molar-refractivity contribution in [2.45, 2.75) is 57.8 Å². The molecule has 10 heteroatoms. The maximum absolute atomic E-state index is 12.7. The Bertz CT molecular complexity index is 1640. The van der Waals surface area contributed by atoms with E-state index in [1.54, 1.807) is 18.2 Å². The van der Waals surface area contributed by atoms with Crippen molar-refractivity contribution in [2.75, 3.05) is 0 Å². The van der Waals surface area contributed by atoms with Gasteiger partial charge in [-0.1, -0.05) is 15.9 Å². The molecule has 9 nitrogen and oxygen atoms in total. The van der Waals surface area contributed by atoms with E-state index in [0.29, 0.717) is 29.1 Å². The Hall–Kier alpha value is -3.53. The first kappa shape index (κ1) is 25.7. The minimum Gasteiger partial charge on any atom is -0.493 e. The van der Waals surface area contributed by atoms with Crippen molar-refractivity contribution in [1.82, 2.24) is 9.55 Å². The van der Waals surface area contributed by atoms with Gasteiger partial charge in [-0.25, -0.2) is 9.36 Å². The van der Waals surface area contributed by atoms with Crippen LogP contribution in [0.5, 0.6) is 5.88 Å². The van der Waals surface area contributed by atoms with Crippen molar-refractivity contribution >= 4 is 33.5 Å². The molecule has 7 rings (SSSR count). The highest BCUT2D eigenvalue weighted by molar-refractivity contribution is 9.10. The number of halogens is 1. The molecular weight excluding hydrogens is 564 g/mol. The monoisotopic (exact) mass is 592 g/mol. The number of aromatic amines is 1. The molecule has 202 valence electrons. The van der Waals surface area contributed by atoms with Gasteiger partial charge in [-0.15, -0.1) is 0 Å². The molecule has 4 saturated carbocycles. The molecule has 0 aliphatic heterocycles. The number of rotatable bonds is 5. The Labute approximate surface area is 232 Å². The fraction of sp³-hybridized carbons (Fsp3) is 0.414. The Morgan fingerprint density at radius 3 is 2.33 bits per heavy atom. The standard InChI is InChI=1S/C29H29BrN4O5/c1-15-16(2)24(6-5-23(15)30)33-27(36)21(26(35)32-28(33)37)14-31-20-3-4-22(25(10-20)34(38)39)29-11-17-7-18(12-29)9-19(8-17)13-29/h3-6,10,14,17-19,36H,7-9,11-13H2,1-2H3,(H,32,35,37). The molecule has 1 heterocycles. The Morgan fingerprint density at radius 2 is 1.72 bits per heavy atom. The molecule has 0 spiro atoms.